The van der Waals surface area contributed by atoms with Gasteiger partial charge in [0.1, 0.15) is 21.2 Å². The lowest BCUT2D eigenvalue weighted by atomic mass is 10.2. The normalized spacial score (nSPS) is 10.9. The minimum absolute atomic E-state index is 0.295. The first-order valence-corrected chi connectivity index (χ1v) is 6.97. The van der Waals surface area contributed by atoms with Crippen LogP contribution in [-0.4, -0.2) is 33.1 Å². The van der Waals surface area contributed by atoms with Gasteiger partial charge >= 0.3 is 6.09 Å². The predicted octanol–water partition coefficient (Wildman–Crippen LogP) is 2.64. The van der Waals surface area contributed by atoms with E-state index >= 15 is 0 Å². The van der Waals surface area contributed by atoms with Crippen LogP contribution in [0.2, 0.25) is 0 Å². The van der Waals surface area contributed by atoms with Gasteiger partial charge in [-0.05, 0) is 50.3 Å². The van der Waals surface area contributed by atoms with E-state index in [4.69, 9.17) is 10.00 Å². The zero-order valence-electron chi connectivity index (χ0n) is 11.5. The van der Waals surface area contributed by atoms with Crippen molar-refractivity contribution in [1.82, 2.24) is 14.9 Å². The van der Waals surface area contributed by atoms with Crippen LogP contribution in [0.15, 0.2) is 0 Å². The summed E-state index contributed by atoms with van der Waals surface area (Å²) in [6.45, 7) is 8.13. The Bertz CT molecular complexity index is 499. The molecule has 0 spiro atoms. The maximum absolute atomic E-state index is 12.0. The molecule has 7 heteroatoms. The average Bonchev–Trinajstić information content (AvgIpc) is 2.64. The molecule has 0 aromatic carbocycles. The molecule has 0 saturated carbocycles. The number of amides is 1. The fourth-order valence-electron chi connectivity index (χ4n) is 1.36. The number of rotatable bonds is 3. The Morgan fingerprint density at radius 1 is 1.58 bits per heavy atom. The van der Waals surface area contributed by atoms with Crippen molar-refractivity contribution >= 4 is 28.7 Å². The van der Waals surface area contributed by atoms with Crippen LogP contribution in [0.25, 0.3) is 0 Å². The van der Waals surface area contributed by atoms with Gasteiger partial charge < -0.3 is 14.6 Å². The van der Waals surface area contributed by atoms with Crippen molar-refractivity contribution in [2.45, 2.75) is 39.8 Å². The van der Waals surface area contributed by atoms with Crippen molar-refractivity contribution in [3.63, 3.8) is 0 Å². The summed E-state index contributed by atoms with van der Waals surface area (Å²) in [6.07, 6.45) is -0.389. The highest BCUT2D eigenvalue weighted by atomic mass is 127. The van der Waals surface area contributed by atoms with E-state index in [0.717, 1.165) is 0 Å². The van der Waals surface area contributed by atoms with Gasteiger partial charge in [-0.1, -0.05) is 0 Å². The van der Waals surface area contributed by atoms with Gasteiger partial charge in [-0.15, -0.1) is 0 Å². The highest BCUT2D eigenvalue weighted by Gasteiger charge is 2.22. The number of carbonyl (C=O) groups excluding carboxylic acids is 1. The van der Waals surface area contributed by atoms with E-state index in [-0.39, 0.29) is 6.09 Å². The number of ether oxygens (including phenoxy) is 1. The third kappa shape index (κ3) is 4.70. The van der Waals surface area contributed by atoms with Crippen molar-refractivity contribution in [2.75, 3.05) is 6.54 Å². The van der Waals surface area contributed by atoms with Crippen LogP contribution in [0, 0.1) is 15.0 Å². The van der Waals surface area contributed by atoms with Crippen molar-refractivity contribution in [3.05, 3.63) is 15.2 Å². The highest BCUT2D eigenvalue weighted by Crippen LogP contribution is 2.13. The first-order valence-electron chi connectivity index (χ1n) is 5.89. The Labute approximate surface area is 126 Å². The topological polar surface area (TPSA) is 82.0 Å². The van der Waals surface area contributed by atoms with E-state index in [2.05, 4.69) is 9.97 Å². The number of aromatic nitrogens is 2. The van der Waals surface area contributed by atoms with Crippen molar-refractivity contribution in [1.29, 1.82) is 5.26 Å². The number of imidazole rings is 1. The van der Waals surface area contributed by atoms with Gasteiger partial charge in [0.25, 0.3) is 0 Å². The van der Waals surface area contributed by atoms with E-state index in [0.29, 0.717) is 28.3 Å². The zero-order valence-corrected chi connectivity index (χ0v) is 13.6. The highest BCUT2D eigenvalue weighted by molar-refractivity contribution is 14.1. The lowest BCUT2D eigenvalue weighted by Gasteiger charge is -2.25. The summed E-state index contributed by atoms with van der Waals surface area (Å²) in [5.74, 6) is 0.577. The van der Waals surface area contributed by atoms with E-state index in [1.807, 2.05) is 56.4 Å². The molecule has 0 atom stereocenters. The monoisotopic (exact) mass is 376 g/mol. The maximum atomic E-state index is 12.0. The van der Waals surface area contributed by atoms with Crippen molar-refractivity contribution in [3.8, 4) is 6.07 Å². The summed E-state index contributed by atoms with van der Waals surface area (Å²) in [7, 11) is 0. The van der Waals surface area contributed by atoms with Crippen LogP contribution in [0.5, 0.6) is 0 Å². The van der Waals surface area contributed by atoms with Crippen LogP contribution < -0.4 is 0 Å². The van der Waals surface area contributed by atoms with E-state index in [1.54, 1.807) is 0 Å². The summed E-state index contributed by atoms with van der Waals surface area (Å²) in [4.78, 5) is 20.6. The molecule has 0 saturated heterocycles. The zero-order chi connectivity index (χ0) is 14.6. The molecular weight excluding hydrogens is 359 g/mol. The van der Waals surface area contributed by atoms with Crippen LogP contribution >= 0.6 is 22.6 Å². The van der Waals surface area contributed by atoms with Crippen LogP contribution in [0.1, 0.15) is 39.2 Å². The molecule has 1 aromatic heterocycles. The maximum Gasteiger partial charge on any atom is 0.410 e. The Hall–Kier alpha value is -1.30. The molecule has 19 heavy (non-hydrogen) atoms. The second-order valence-electron chi connectivity index (χ2n) is 4.95. The molecule has 1 rings (SSSR count). The minimum atomic E-state index is -0.528. The van der Waals surface area contributed by atoms with Crippen LogP contribution in [-0.2, 0) is 11.3 Å². The number of halogens is 1. The molecule has 104 valence electrons. The number of H-pyrrole nitrogens is 1. The second-order valence-corrected chi connectivity index (χ2v) is 6.03. The van der Waals surface area contributed by atoms with Gasteiger partial charge in [0, 0.05) is 6.54 Å². The molecule has 0 fully saturated rings. The molecule has 0 aliphatic rings. The smallest absolute Gasteiger partial charge is 0.410 e. The molecule has 1 N–H and O–H groups in total. The van der Waals surface area contributed by atoms with Gasteiger partial charge in [-0.25, -0.2) is 9.78 Å². The first kappa shape index (κ1) is 15.8. The number of nitrogens with zero attached hydrogens (tertiary/aromatic N) is 3. The molecule has 0 bridgehead atoms. The molecule has 1 aromatic rings. The summed E-state index contributed by atoms with van der Waals surface area (Å²) in [5, 5.41) is 8.84. The summed E-state index contributed by atoms with van der Waals surface area (Å²) >= 11 is 2.00. The molecule has 1 amide bonds. The van der Waals surface area contributed by atoms with Gasteiger partial charge in [-0.2, -0.15) is 5.26 Å². The number of carbonyl (C=O) groups is 1. The average molecular weight is 376 g/mol. The minimum Gasteiger partial charge on any atom is -0.444 e. The van der Waals surface area contributed by atoms with E-state index in [9.17, 15) is 4.79 Å². The number of nitriles is 1. The second kappa shape index (κ2) is 6.23. The third-order valence-corrected chi connectivity index (χ3v) is 2.97. The molecule has 0 aliphatic carbocycles. The molecule has 6 nitrogen and oxygen atoms in total. The molecular formula is C12H17IN4O2. The first-order chi connectivity index (χ1) is 8.76. The van der Waals surface area contributed by atoms with Gasteiger partial charge in [-0.3, -0.25) is 0 Å². The molecule has 0 unspecified atom stereocenters. The van der Waals surface area contributed by atoms with Gasteiger partial charge in [0.05, 0.1) is 6.54 Å². The Kier molecular flexibility index (Phi) is 5.17. The van der Waals surface area contributed by atoms with Crippen molar-refractivity contribution in [2.24, 2.45) is 0 Å². The summed E-state index contributed by atoms with van der Waals surface area (Å²) < 4.78 is 5.98. The van der Waals surface area contributed by atoms with Crippen molar-refractivity contribution < 1.29 is 9.53 Å². The molecule has 0 radical (unpaired) electrons. The largest absolute Gasteiger partial charge is 0.444 e. The number of aromatic amines is 1. The summed E-state index contributed by atoms with van der Waals surface area (Å²) in [5.41, 5.74) is -0.184. The molecule has 1 heterocycles. The van der Waals surface area contributed by atoms with Crippen LogP contribution in [0.4, 0.5) is 4.79 Å². The van der Waals surface area contributed by atoms with Crippen LogP contribution in [0.3, 0.4) is 0 Å². The Morgan fingerprint density at radius 3 is 2.63 bits per heavy atom. The fourth-order valence-corrected chi connectivity index (χ4v) is 1.91. The van der Waals surface area contributed by atoms with E-state index < -0.39 is 5.60 Å². The Morgan fingerprint density at radius 2 is 2.21 bits per heavy atom. The number of nitrogens with one attached hydrogen (secondary N) is 1. The van der Waals surface area contributed by atoms with Gasteiger partial charge in [0.2, 0.25) is 0 Å². The van der Waals surface area contributed by atoms with E-state index in [1.165, 1.54) is 4.90 Å². The number of hydrogen-bond acceptors (Lipinski definition) is 4. The SMILES string of the molecule is CCN(Cc1nc(C#N)c(I)[nH]1)C(=O)OC(C)(C)C. The third-order valence-electron chi connectivity index (χ3n) is 2.19. The summed E-state index contributed by atoms with van der Waals surface area (Å²) in [6, 6.07) is 1.99. The lowest BCUT2D eigenvalue weighted by Crippen LogP contribution is -2.36. The predicted molar refractivity (Wildman–Crippen MR) is 78.3 cm³/mol. The molecule has 0 aliphatic heterocycles. The van der Waals surface area contributed by atoms with Gasteiger partial charge in [0.15, 0.2) is 5.69 Å². The Balaban J connectivity index is 2.76. The standard InChI is InChI=1S/C12H17IN4O2/c1-5-17(11(18)19-12(2,3)4)7-9-15-8(6-14)10(13)16-9/h5,7H2,1-4H3,(H,15,16). The number of hydrogen-bond donors (Lipinski definition) is 1. The quantitative estimate of drug-likeness (QED) is 0.823. The fraction of sp³-hybridized carbons (Fsp3) is 0.583. The lowest BCUT2D eigenvalue weighted by molar-refractivity contribution is 0.0240.